The Kier molecular flexibility index (Phi) is 4.28. The van der Waals surface area contributed by atoms with Crippen molar-refractivity contribution in [3.8, 4) is 0 Å². The van der Waals surface area contributed by atoms with Crippen LogP contribution in [0.5, 0.6) is 0 Å². The Hall–Kier alpha value is -1.79. The van der Waals surface area contributed by atoms with Crippen molar-refractivity contribution in [1.82, 2.24) is 4.57 Å². The Bertz CT molecular complexity index is 845. The zero-order valence-electron chi connectivity index (χ0n) is 17.0. The van der Waals surface area contributed by atoms with Gasteiger partial charge in [0.15, 0.2) is 0 Å². The van der Waals surface area contributed by atoms with Crippen molar-refractivity contribution in [2.45, 2.75) is 72.2 Å². The van der Waals surface area contributed by atoms with Crippen LogP contribution >= 0.6 is 0 Å². The highest BCUT2D eigenvalue weighted by molar-refractivity contribution is 6.65. The first-order valence-electron chi connectivity index (χ1n) is 9.02. The molecule has 1 aliphatic rings. The molecule has 1 saturated heterocycles. The Labute approximate surface area is 155 Å². The molecule has 6 heteroatoms. The van der Waals surface area contributed by atoms with E-state index in [1.54, 1.807) is 10.8 Å². The minimum atomic E-state index is -0.551. The summed E-state index contributed by atoms with van der Waals surface area (Å²) in [6.45, 7) is 15.7. The van der Waals surface area contributed by atoms with Crippen LogP contribution in [0.1, 0.15) is 54.0 Å². The highest BCUT2D eigenvalue weighted by Crippen LogP contribution is 2.37. The third-order valence-electron chi connectivity index (χ3n) is 5.18. The topological polar surface area (TPSA) is 49.7 Å². The van der Waals surface area contributed by atoms with Gasteiger partial charge in [-0.25, -0.2) is 4.79 Å². The number of carbonyl (C=O) groups is 1. The third kappa shape index (κ3) is 3.16. The van der Waals surface area contributed by atoms with Crippen molar-refractivity contribution in [3.05, 3.63) is 30.0 Å². The molecular weight excluding hydrogens is 329 g/mol. The summed E-state index contributed by atoms with van der Waals surface area (Å²) in [4.78, 5) is 12.6. The Morgan fingerprint density at radius 2 is 1.65 bits per heavy atom. The van der Waals surface area contributed by atoms with Crippen LogP contribution in [0.3, 0.4) is 0 Å². The highest BCUT2D eigenvalue weighted by Gasteiger charge is 2.52. The molecule has 0 atom stereocenters. The molecule has 140 valence electrons. The normalized spacial score (nSPS) is 19.2. The largest absolute Gasteiger partial charge is 0.495 e. The molecule has 0 amide bonds. The molecule has 0 aliphatic carbocycles. The quantitative estimate of drug-likeness (QED) is 0.723. The van der Waals surface area contributed by atoms with Crippen LogP contribution < -0.4 is 5.46 Å². The van der Waals surface area contributed by atoms with Gasteiger partial charge in [0.1, 0.15) is 5.60 Å². The predicted octanol–water partition coefficient (Wildman–Crippen LogP) is 4.03. The van der Waals surface area contributed by atoms with Gasteiger partial charge in [-0.05, 0) is 72.5 Å². The van der Waals surface area contributed by atoms with E-state index in [0.29, 0.717) is 0 Å². The molecule has 1 aromatic carbocycles. The first-order chi connectivity index (χ1) is 11.8. The van der Waals surface area contributed by atoms with Gasteiger partial charge in [0.25, 0.3) is 0 Å². The summed E-state index contributed by atoms with van der Waals surface area (Å²) >= 11 is 0. The van der Waals surface area contributed by atoms with E-state index in [9.17, 15) is 4.79 Å². The minimum absolute atomic E-state index is 0.387. The van der Waals surface area contributed by atoms with Gasteiger partial charge < -0.3 is 14.0 Å². The molecule has 2 heterocycles. The summed E-state index contributed by atoms with van der Waals surface area (Å²) in [7, 11) is -0.474. The molecule has 0 N–H and O–H groups in total. The molecule has 2 aromatic rings. The van der Waals surface area contributed by atoms with Crippen molar-refractivity contribution in [1.29, 1.82) is 0 Å². The number of carbonyl (C=O) groups excluding carboxylic acids is 1. The summed E-state index contributed by atoms with van der Waals surface area (Å²) in [5.74, 6) is 0. The van der Waals surface area contributed by atoms with Crippen LogP contribution in [0.2, 0.25) is 0 Å². The van der Waals surface area contributed by atoms with Gasteiger partial charge in [-0.1, -0.05) is 12.1 Å². The Morgan fingerprint density at radius 3 is 2.19 bits per heavy atom. The smallest absolute Gasteiger partial charge is 0.443 e. The maximum atomic E-state index is 12.6. The molecular formula is C20H28BNO4. The maximum absolute atomic E-state index is 12.6. The van der Waals surface area contributed by atoms with Gasteiger partial charge in [0.2, 0.25) is 0 Å². The second-order valence-electron chi connectivity index (χ2n) is 8.99. The average molecular weight is 357 g/mol. The number of hydrogen-bond acceptors (Lipinski definition) is 4. The van der Waals surface area contributed by atoms with Gasteiger partial charge in [0, 0.05) is 11.6 Å². The summed E-state index contributed by atoms with van der Waals surface area (Å²) in [5, 5.41) is 0.939. The fourth-order valence-electron chi connectivity index (χ4n) is 3.09. The number of hydrogen-bond donors (Lipinski definition) is 0. The van der Waals surface area contributed by atoms with Crippen LogP contribution in [0.4, 0.5) is 4.79 Å². The lowest BCUT2D eigenvalue weighted by Crippen LogP contribution is -2.41. The van der Waals surface area contributed by atoms with Crippen molar-refractivity contribution in [2.75, 3.05) is 0 Å². The van der Waals surface area contributed by atoms with E-state index in [4.69, 9.17) is 14.0 Å². The first kappa shape index (κ1) is 19.0. The fourth-order valence-corrected chi connectivity index (χ4v) is 3.09. The van der Waals surface area contributed by atoms with E-state index in [1.165, 1.54) is 0 Å². The van der Waals surface area contributed by atoms with Crippen LogP contribution in [-0.2, 0) is 14.0 Å². The molecule has 1 aromatic heterocycles. The van der Waals surface area contributed by atoms with Crippen molar-refractivity contribution in [3.63, 3.8) is 0 Å². The third-order valence-corrected chi connectivity index (χ3v) is 5.18. The van der Waals surface area contributed by atoms with E-state index < -0.39 is 23.9 Å². The highest BCUT2D eigenvalue weighted by atomic mass is 16.7. The second kappa shape index (κ2) is 5.86. The van der Waals surface area contributed by atoms with Gasteiger partial charge in [0.05, 0.1) is 16.7 Å². The molecule has 0 bridgehead atoms. The lowest BCUT2D eigenvalue weighted by Gasteiger charge is -2.32. The number of aromatic nitrogens is 1. The molecule has 3 rings (SSSR count). The molecule has 0 spiro atoms. The monoisotopic (exact) mass is 357 g/mol. The Balaban J connectivity index is 2.06. The lowest BCUT2D eigenvalue weighted by molar-refractivity contribution is 0.00578. The first-order valence-corrected chi connectivity index (χ1v) is 9.02. The number of benzene rings is 1. The molecule has 0 radical (unpaired) electrons. The van der Waals surface area contributed by atoms with Crippen molar-refractivity contribution >= 4 is 29.6 Å². The average Bonchev–Trinajstić information content (AvgIpc) is 2.98. The SMILES string of the molecule is Cc1ccc(B2OC(C)(C)C(C)(C)O2)c2ccn(C(=O)OC(C)(C)C)c12. The zero-order chi connectivity index (χ0) is 19.5. The van der Waals surface area contributed by atoms with E-state index in [2.05, 4.69) is 0 Å². The van der Waals surface area contributed by atoms with Crippen LogP contribution in [0.15, 0.2) is 24.4 Å². The van der Waals surface area contributed by atoms with Crippen LogP contribution in [0, 0.1) is 6.92 Å². The summed E-state index contributed by atoms with van der Waals surface area (Å²) in [6, 6.07) is 5.93. The number of aryl methyl sites for hydroxylation is 1. The molecule has 26 heavy (non-hydrogen) atoms. The van der Waals surface area contributed by atoms with Crippen molar-refractivity contribution in [2.24, 2.45) is 0 Å². The van der Waals surface area contributed by atoms with Gasteiger partial charge in [-0.15, -0.1) is 0 Å². The number of fused-ring (bicyclic) bond motifs is 1. The van der Waals surface area contributed by atoms with E-state index >= 15 is 0 Å². The van der Waals surface area contributed by atoms with Crippen LogP contribution in [-0.4, -0.2) is 34.6 Å². The zero-order valence-corrected chi connectivity index (χ0v) is 17.0. The standard InChI is InChI=1S/C20H28BNO4/c1-13-9-10-15(21-25-19(5,6)20(7,8)26-21)14-11-12-22(16(13)14)17(23)24-18(2,3)4/h9-12H,1-8H3. The summed E-state index contributed by atoms with van der Waals surface area (Å²) in [5.41, 5.74) is 1.37. The molecule has 1 aliphatic heterocycles. The number of nitrogens with zero attached hydrogens (tertiary/aromatic N) is 1. The molecule has 1 fully saturated rings. The van der Waals surface area contributed by atoms with Gasteiger partial charge in [-0.2, -0.15) is 0 Å². The fraction of sp³-hybridized carbons (Fsp3) is 0.550. The van der Waals surface area contributed by atoms with Gasteiger partial charge in [-0.3, -0.25) is 4.57 Å². The van der Waals surface area contributed by atoms with Crippen molar-refractivity contribution < 1.29 is 18.8 Å². The maximum Gasteiger partial charge on any atom is 0.495 e. The number of rotatable bonds is 1. The lowest BCUT2D eigenvalue weighted by atomic mass is 9.76. The molecule has 5 nitrogen and oxygen atoms in total. The second-order valence-corrected chi connectivity index (χ2v) is 8.99. The predicted molar refractivity (Wildman–Crippen MR) is 104 cm³/mol. The Morgan fingerprint density at radius 1 is 1.08 bits per heavy atom. The van der Waals surface area contributed by atoms with E-state index in [1.807, 2.05) is 73.6 Å². The molecule has 0 unspecified atom stereocenters. The summed E-state index contributed by atoms with van der Waals surface area (Å²) in [6.07, 6.45) is 1.36. The van der Waals surface area contributed by atoms with E-state index in [0.717, 1.165) is 21.9 Å². The van der Waals surface area contributed by atoms with Gasteiger partial charge >= 0.3 is 13.2 Å². The van der Waals surface area contributed by atoms with Crippen LogP contribution in [0.25, 0.3) is 10.9 Å². The minimum Gasteiger partial charge on any atom is -0.443 e. The summed E-state index contributed by atoms with van der Waals surface area (Å²) < 4.78 is 19.5. The number of ether oxygens (including phenoxy) is 1. The molecule has 0 saturated carbocycles. The van der Waals surface area contributed by atoms with E-state index in [-0.39, 0.29) is 6.09 Å².